The molecule has 0 amide bonds. The lowest BCUT2D eigenvalue weighted by Gasteiger charge is -2.07. The average Bonchev–Trinajstić information content (AvgIpc) is 2.29. The highest BCUT2D eigenvalue weighted by Crippen LogP contribution is 2.34. The number of fused-ring (bicyclic) bond motifs is 1. The molecule has 1 heterocycles. The Balaban J connectivity index is 2.90. The quantitative estimate of drug-likeness (QED) is 0.774. The third-order valence-corrected chi connectivity index (χ3v) is 2.88. The number of hydrogen-bond acceptors (Lipinski definition) is 2. The number of hydrogen-bond donors (Lipinski definition) is 0. The van der Waals surface area contributed by atoms with Gasteiger partial charge in [-0.1, -0.05) is 23.2 Å². The number of rotatable bonds is 1. The molecule has 0 fully saturated rings. The van der Waals surface area contributed by atoms with E-state index in [1.54, 1.807) is 0 Å². The van der Waals surface area contributed by atoms with E-state index in [9.17, 15) is 8.78 Å². The van der Waals surface area contributed by atoms with Gasteiger partial charge in [0.1, 0.15) is 6.07 Å². The summed E-state index contributed by atoms with van der Waals surface area (Å²) in [5, 5.41) is 9.24. The summed E-state index contributed by atoms with van der Waals surface area (Å²) in [7, 11) is 0. The molecule has 1 aromatic carbocycles. The molecule has 2 nitrogen and oxygen atoms in total. The average molecular weight is 273 g/mol. The highest BCUT2D eigenvalue weighted by atomic mass is 35.5. The Morgan fingerprint density at radius 2 is 2.00 bits per heavy atom. The number of pyridine rings is 1. The Kier molecular flexibility index (Phi) is 3.14. The van der Waals surface area contributed by atoms with Gasteiger partial charge in [-0.05, 0) is 12.1 Å². The molecule has 0 saturated carbocycles. The van der Waals surface area contributed by atoms with Crippen LogP contribution in [0.3, 0.4) is 0 Å². The first-order chi connectivity index (χ1) is 8.04. The molecule has 0 radical (unpaired) electrons. The van der Waals surface area contributed by atoms with E-state index in [-0.39, 0.29) is 32.1 Å². The van der Waals surface area contributed by atoms with Crippen LogP contribution in [-0.4, -0.2) is 4.98 Å². The first-order valence-electron chi connectivity index (χ1n) is 4.50. The summed E-state index contributed by atoms with van der Waals surface area (Å²) in [6.07, 6.45) is -1.53. The molecule has 0 spiro atoms. The predicted octanol–water partition coefficient (Wildman–Crippen LogP) is 4.35. The molecule has 17 heavy (non-hydrogen) atoms. The molecule has 2 aromatic rings. The van der Waals surface area contributed by atoms with Gasteiger partial charge in [0.25, 0.3) is 6.43 Å². The minimum absolute atomic E-state index is 0.0633. The number of nitrogens with zero attached hydrogens (tertiary/aromatic N) is 2. The van der Waals surface area contributed by atoms with Crippen molar-refractivity contribution in [1.82, 2.24) is 4.98 Å². The fourth-order valence-electron chi connectivity index (χ4n) is 1.51. The van der Waals surface area contributed by atoms with Crippen LogP contribution in [0.2, 0.25) is 10.0 Å². The summed E-state index contributed by atoms with van der Waals surface area (Å²) >= 11 is 11.7. The van der Waals surface area contributed by atoms with E-state index in [1.807, 2.05) is 6.07 Å². The molecule has 0 aliphatic heterocycles. The van der Waals surface area contributed by atoms with E-state index in [0.717, 1.165) is 6.07 Å². The predicted molar refractivity (Wildman–Crippen MR) is 61.4 cm³/mol. The molecule has 0 saturated heterocycles. The van der Waals surface area contributed by atoms with Crippen molar-refractivity contribution in [2.24, 2.45) is 0 Å². The summed E-state index contributed by atoms with van der Waals surface area (Å²) in [5.74, 6) is 0. The molecule has 86 valence electrons. The highest BCUT2D eigenvalue weighted by Gasteiger charge is 2.17. The Labute approximate surface area is 105 Å². The SMILES string of the molecule is N#Cc1cnc2c(C(F)F)cc(Cl)cc2c1Cl. The van der Waals surface area contributed by atoms with E-state index in [0.29, 0.717) is 0 Å². The summed E-state index contributed by atoms with van der Waals surface area (Å²) in [4.78, 5) is 3.83. The summed E-state index contributed by atoms with van der Waals surface area (Å²) in [6, 6.07) is 4.39. The minimum Gasteiger partial charge on any atom is -0.254 e. The first kappa shape index (κ1) is 12.0. The highest BCUT2D eigenvalue weighted by molar-refractivity contribution is 6.37. The number of aromatic nitrogens is 1. The lowest BCUT2D eigenvalue weighted by atomic mass is 10.1. The lowest BCUT2D eigenvalue weighted by Crippen LogP contribution is -1.92. The minimum atomic E-state index is -2.70. The van der Waals surface area contributed by atoms with Crippen LogP contribution in [0.1, 0.15) is 17.6 Å². The Bertz CT molecular complexity index is 635. The second kappa shape index (κ2) is 4.44. The number of halogens is 4. The van der Waals surface area contributed by atoms with Crippen LogP contribution in [-0.2, 0) is 0 Å². The van der Waals surface area contributed by atoms with Gasteiger partial charge in [-0.2, -0.15) is 5.26 Å². The number of nitriles is 1. The van der Waals surface area contributed by atoms with Crippen LogP contribution >= 0.6 is 23.2 Å². The van der Waals surface area contributed by atoms with E-state index < -0.39 is 6.43 Å². The molecule has 0 bridgehead atoms. The van der Waals surface area contributed by atoms with Crippen molar-refractivity contribution in [1.29, 1.82) is 5.26 Å². The lowest BCUT2D eigenvalue weighted by molar-refractivity contribution is 0.153. The van der Waals surface area contributed by atoms with Crippen molar-refractivity contribution in [3.8, 4) is 6.07 Å². The van der Waals surface area contributed by atoms with Crippen LogP contribution in [0.4, 0.5) is 8.78 Å². The molecule has 0 aliphatic rings. The van der Waals surface area contributed by atoms with Gasteiger partial charge in [-0.25, -0.2) is 8.78 Å². The van der Waals surface area contributed by atoms with Crippen molar-refractivity contribution < 1.29 is 8.78 Å². The second-order valence-corrected chi connectivity index (χ2v) is 4.10. The third-order valence-electron chi connectivity index (χ3n) is 2.26. The van der Waals surface area contributed by atoms with Gasteiger partial charge in [-0.15, -0.1) is 0 Å². The topological polar surface area (TPSA) is 36.7 Å². The number of benzene rings is 1. The smallest absolute Gasteiger partial charge is 0.254 e. The van der Waals surface area contributed by atoms with E-state index >= 15 is 0 Å². The molecular weight excluding hydrogens is 269 g/mol. The molecule has 0 aliphatic carbocycles. The fourth-order valence-corrected chi connectivity index (χ4v) is 1.97. The van der Waals surface area contributed by atoms with Gasteiger partial charge in [-0.3, -0.25) is 4.98 Å². The molecule has 2 rings (SSSR count). The van der Waals surface area contributed by atoms with Crippen LogP contribution in [0.15, 0.2) is 18.3 Å². The van der Waals surface area contributed by atoms with Gasteiger partial charge in [0.2, 0.25) is 0 Å². The zero-order chi connectivity index (χ0) is 12.6. The van der Waals surface area contributed by atoms with Crippen LogP contribution in [0.5, 0.6) is 0 Å². The van der Waals surface area contributed by atoms with Crippen molar-refractivity contribution in [2.45, 2.75) is 6.43 Å². The van der Waals surface area contributed by atoms with Gasteiger partial charge in [0, 0.05) is 22.2 Å². The molecule has 6 heteroatoms. The van der Waals surface area contributed by atoms with Gasteiger partial charge < -0.3 is 0 Å². The Morgan fingerprint density at radius 1 is 1.29 bits per heavy atom. The zero-order valence-corrected chi connectivity index (χ0v) is 9.73. The monoisotopic (exact) mass is 272 g/mol. The van der Waals surface area contributed by atoms with Crippen LogP contribution in [0, 0.1) is 11.3 Å². The maximum atomic E-state index is 12.8. The summed E-state index contributed by atoms with van der Waals surface area (Å²) in [5.41, 5.74) is -0.103. The Morgan fingerprint density at radius 3 is 2.59 bits per heavy atom. The van der Waals surface area contributed by atoms with Crippen LogP contribution < -0.4 is 0 Å². The van der Waals surface area contributed by atoms with Gasteiger partial charge in [0.15, 0.2) is 0 Å². The van der Waals surface area contributed by atoms with Crippen molar-refractivity contribution in [2.75, 3.05) is 0 Å². The van der Waals surface area contributed by atoms with Gasteiger partial charge in [0.05, 0.1) is 16.1 Å². The molecule has 1 aromatic heterocycles. The summed E-state index contributed by atoms with van der Waals surface area (Å²) < 4.78 is 25.6. The third kappa shape index (κ3) is 2.04. The van der Waals surface area contributed by atoms with E-state index in [4.69, 9.17) is 28.5 Å². The normalized spacial score (nSPS) is 10.8. The fraction of sp³-hybridized carbons (Fsp3) is 0.0909. The zero-order valence-electron chi connectivity index (χ0n) is 8.22. The Hall–Kier alpha value is -1.44. The van der Waals surface area contributed by atoms with E-state index in [1.165, 1.54) is 12.3 Å². The molecule has 0 N–H and O–H groups in total. The molecule has 0 unspecified atom stereocenters. The largest absolute Gasteiger partial charge is 0.265 e. The number of alkyl halides is 2. The first-order valence-corrected chi connectivity index (χ1v) is 5.26. The van der Waals surface area contributed by atoms with E-state index in [2.05, 4.69) is 4.98 Å². The maximum Gasteiger partial charge on any atom is 0.265 e. The van der Waals surface area contributed by atoms with Gasteiger partial charge >= 0.3 is 0 Å². The molecule has 0 atom stereocenters. The van der Waals surface area contributed by atoms with Crippen molar-refractivity contribution >= 4 is 34.1 Å². The molecular formula is C11H4Cl2F2N2. The van der Waals surface area contributed by atoms with Crippen molar-refractivity contribution in [3.63, 3.8) is 0 Å². The second-order valence-electron chi connectivity index (χ2n) is 3.29. The van der Waals surface area contributed by atoms with Crippen LogP contribution in [0.25, 0.3) is 10.9 Å². The van der Waals surface area contributed by atoms with Crippen molar-refractivity contribution in [3.05, 3.63) is 39.5 Å². The standard InChI is InChI=1S/C11H4Cl2F2N2/c12-6-1-7-9(13)5(3-16)4-17-10(7)8(2-6)11(14)15/h1-2,4,11H. The summed E-state index contributed by atoms with van der Waals surface area (Å²) in [6.45, 7) is 0. The maximum absolute atomic E-state index is 12.8.